The Labute approximate surface area is 115 Å². The van der Waals surface area contributed by atoms with Crippen molar-refractivity contribution in [3.05, 3.63) is 40.7 Å². The fourth-order valence-corrected chi connectivity index (χ4v) is 3.26. The Bertz CT molecular complexity index is 793. The van der Waals surface area contributed by atoms with Crippen molar-refractivity contribution in [2.75, 3.05) is 6.54 Å². The average molecular weight is 266 g/mol. The number of rotatable bonds is 1. The number of aliphatic imine (C=N–C) groups is 1. The minimum atomic E-state index is -0.444. The second-order valence-corrected chi connectivity index (χ2v) is 5.50. The third-order valence-corrected chi connectivity index (χ3v) is 4.29. The van der Waals surface area contributed by atoms with Gasteiger partial charge >= 0.3 is 0 Å². The highest BCUT2D eigenvalue weighted by atomic mass is 16.1. The van der Waals surface area contributed by atoms with E-state index in [4.69, 9.17) is 5.73 Å². The van der Waals surface area contributed by atoms with Crippen molar-refractivity contribution in [2.24, 2.45) is 22.1 Å². The van der Waals surface area contributed by atoms with Crippen LogP contribution in [-0.2, 0) is 0 Å². The summed E-state index contributed by atoms with van der Waals surface area (Å²) in [7, 11) is 0. The number of fused-ring (bicyclic) bond motifs is 3. The van der Waals surface area contributed by atoms with Crippen LogP contribution in [0.5, 0.6) is 0 Å². The van der Waals surface area contributed by atoms with Crippen molar-refractivity contribution >= 4 is 23.9 Å². The molecule has 5 nitrogen and oxygen atoms in total. The molecule has 3 aliphatic rings. The van der Waals surface area contributed by atoms with Crippen LogP contribution < -0.4 is 21.6 Å². The molecule has 5 heteroatoms. The van der Waals surface area contributed by atoms with Crippen LogP contribution in [0.4, 0.5) is 0 Å². The lowest BCUT2D eigenvalue weighted by Gasteiger charge is -2.28. The van der Waals surface area contributed by atoms with Crippen molar-refractivity contribution in [2.45, 2.75) is 6.42 Å². The first-order valence-electron chi connectivity index (χ1n) is 6.65. The lowest BCUT2D eigenvalue weighted by molar-refractivity contribution is 0.1000. The topological polar surface area (TPSA) is 80.4 Å². The van der Waals surface area contributed by atoms with Gasteiger partial charge in [0.25, 0.3) is 0 Å². The number of primary amides is 1. The first kappa shape index (κ1) is 11.4. The molecule has 2 aliphatic heterocycles. The molecule has 0 bridgehead atoms. The van der Waals surface area contributed by atoms with Crippen LogP contribution >= 0.6 is 0 Å². The highest BCUT2D eigenvalue weighted by Crippen LogP contribution is 2.41. The molecule has 20 heavy (non-hydrogen) atoms. The van der Waals surface area contributed by atoms with Crippen LogP contribution in [0.15, 0.2) is 29.5 Å². The Morgan fingerprint density at radius 3 is 3.20 bits per heavy atom. The van der Waals surface area contributed by atoms with Gasteiger partial charge in [0, 0.05) is 17.5 Å². The molecule has 1 aliphatic carbocycles. The van der Waals surface area contributed by atoms with Gasteiger partial charge < -0.3 is 11.1 Å². The van der Waals surface area contributed by atoms with E-state index in [1.807, 2.05) is 12.3 Å². The zero-order chi connectivity index (χ0) is 13.7. The highest BCUT2D eigenvalue weighted by Gasteiger charge is 2.44. The van der Waals surface area contributed by atoms with Crippen LogP contribution in [0.1, 0.15) is 16.8 Å². The Hall–Kier alpha value is -2.43. The average Bonchev–Trinajstić information content (AvgIpc) is 3.00. The van der Waals surface area contributed by atoms with Crippen molar-refractivity contribution in [3.8, 4) is 0 Å². The Balaban J connectivity index is 1.83. The molecule has 2 unspecified atom stereocenters. The molecule has 0 radical (unpaired) electrons. The Morgan fingerprint density at radius 1 is 1.45 bits per heavy atom. The predicted octanol–water partition coefficient (Wildman–Crippen LogP) is -0.723. The molecule has 100 valence electrons. The summed E-state index contributed by atoms with van der Waals surface area (Å²) >= 11 is 0. The molecule has 0 aromatic carbocycles. The van der Waals surface area contributed by atoms with Crippen molar-refractivity contribution in [1.29, 1.82) is 0 Å². The van der Waals surface area contributed by atoms with E-state index in [-0.39, 0.29) is 5.41 Å². The Kier molecular flexibility index (Phi) is 2.16. The third kappa shape index (κ3) is 1.46. The lowest BCUT2D eigenvalue weighted by Crippen LogP contribution is -2.35. The SMILES string of the molecule is NC(=O)c1cnc2c(c1)=CC1(C=2)CN=C2NC=CCC21. The van der Waals surface area contributed by atoms with E-state index >= 15 is 0 Å². The number of allylic oxidation sites excluding steroid dienone is 1. The van der Waals surface area contributed by atoms with Crippen LogP contribution in [0.2, 0.25) is 0 Å². The minimum absolute atomic E-state index is 0.112. The largest absolute Gasteiger partial charge is 0.366 e. The highest BCUT2D eigenvalue weighted by molar-refractivity contribution is 5.94. The number of amidine groups is 1. The zero-order valence-electron chi connectivity index (χ0n) is 10.8. The monoisotopic (exact) mass is 266 g/mol. The number of hydrogen-bond donors (Lipinski definition) is 2. The third-order valence-electron chi connectivity index (χ3n) is 4.29. The number of nitrogens with two attached hydrogens (primary N) is 1. The fourth-order valence-electron chi connectivity index (χ4n) is 3.26. The number of carbonyl (C=O) groups excluding carboxylic acids is 1. The number of nitrogens with zero attached hydrogens (tertiary/aromatic N) is 2. The summed E-state index contributed by atoms with van der Waals surface area (Å²) in [6.45, 7) is 0.726. The first-order chi connectivity index (χ1) is 9.68. The summed E-state index contributed by atoms with van der Waals surface area (Å²) in [5, 5.41) is 5.12. The lowest BCUT2D eigenvalue weighted by atomic mass is 9.75. The van der Waals surface area contributed by atoms with Gasteiger partial charge in [0.2, 0.25) is 5.91 Å². The molecule has 1 spiro atoms. The smallest absolute Gasteiger partial charge is 0.250 e. The molecule has 1 aromatic heterocycles. The fraction of sp³-hybridized carbons (Fsp3) is 0.267. The maximum absolute atomic E-state index is 11.3. The van der Waals surface area contributed by atoms with Gasteiger partial charge in [0.1, 0.15) is 5.84 Å². The zero-order valence-corrected chi connectivity index (χ0v) is 10.8. The van der Waals surface area contributed by atoms with Gasteiger partial charge in [-0.15, -0.1) is 0 Å². The van der Waals surface area contributed by atoms with E-state index in [1.165, 1.54) is 0 Å². The van der Waals surface area contributed by atoms with Crippen LogP contribution in [-0.4, -0.2) is 23.3 Å². The standard InChI is InChI=1S/C15H14N4O/c16-13(20)10-4-9-5-15(6-12(9)18-7-10)8-19-14-11(15)2-1-3-17-14/h1,3-7,11H,2,8H2,(H2,16,20)(H,17,19). The van der Waals surface area contributed by atoms with Crippen LogP contribution in [0.25, 0.3) is 12.2 Å². The molecule has 2 atom stereocenters. The van der Waals surface area contributed by atoms with E-state index in [2.05, 4.69) is 33.5 Å². The summed E-state index contributed by atoms with van der Waals surface area (Å²) in [4.78, 5) is 20.2. The minimum Gasteiger partial charge on any atom is -0.366 e. The Morgan fingerprint density at radius 2 is 2.35 bits per heavy atom. The number of hydrogen-bond acceptors (Lipinski definition) is 4. The second kappa shape index (κ2) is 3.79. The number of carbonyl (C=O) groups is 1. The van der Waals surface area contributed by atoms with Gasteiger partial charge in [0.05, 0.1) is 17.5 Å². The number of amides is 1. The van der Waals surface area contributed by atoms with Gasteiger partial charge in [-0.05, 0) is 30.0 Å². The molecule has 3 heterocycles. The van der Waals surface area contributed by atoms with Gasteiger partial charge in [-0.25, -0.2) is 0 Å². The van der Waals surface area contributed by atoms with Gasteiger partial charge in [0.15, 0.2) is 0 Å². The summed E-state index contributed by atoms with van der Waals surface area (Å²) in [6.07, 6.45) is 10.9. The number of aromatic nitrogens is 1. The van der Waals surface area contributed by atoms with Gasteiger partial charge in [-0.2, -0.15) is 0 Å². The van der Waals surface area contributed by atoms with Crippen molar-refractivity contribution in [1.82, 2.24) is 10.3 Å². The summed E-state index contributed by atoms with van der Waals surface area (Å²) in [6, 6.07) is 1.82. The summed E-state index contributed by atoms with van der Waals surface area (Å²) in [5.41, 5.74) is 5.65. The van der Waals surface area contributed by atoms with E-state index < -0.39 is 5.91 Å². The molecule has 0 fully saturated rings. The first-order valence-corrected chi connectivity index (χ1v) is 6.65. The van der Waals surface area contributed by atoms with Crippen LogP contribution in [0, 0.1) is 11.3 Å². The molecule has 3 N–H and O–H groups in total. The molecular formula is C15H14N4O. The number of pyridine rings is 1. The number of nitrogens with one attached hydrogen (secondary N) is 1. The second-order valence-electron chi connectivity index (χ2n) is 5.50. The predicted molar refractivity (Wildman–Crippen MR) is 76.1 cm³/mol. The van der Waals surface area contributed by atoms with E-state index in [0.717, 1.165) is 29.4 Å². The molecule has 0 saturated carbocycles. The summed E-state index contributed by atoms with van der Waals surface area (Å²) in [5.74, 6) is 0.932. The van der Waals surface area contributed by atoms with Crippen molar-refractivity contribution < 1.29 is 4.79 Å². The molecule has 1 amide bonds. The van der Waals surface area contributed by atoms with Crippen LogP contribution in [0.3, 0.4) is 0 Å². The molecule has 4 rings (SSSR count). The van der Waals surface area contributed by atoms with Gasteiger partial charge in [-0.3, -0.25) is 14.8 Å². The van der Waals surface area contributed by atoms with E-state index in [9.17, 15) is 4.79 Å². The quantitative estimate of drug-likeness (QED) is 0.703. The molecular weight excluding hydrogens is 252 g/mol. The maximum Gasteiger partial charge on any atom is 0.250 e. The van der Waals surface area contributed by atoms with E-state index in [0.29, 0.717) is 11.5 Å². The van der Waals surface area contributed by atoms with E-state index in [1.54, 1.807) is 6.20 Å². The normalized spacial score (nSPS) is 29.0. The molecule has 1 aromatic rings. The summed E-state index contributed by atoms with van der Waals surface area (Å²) < 4.78 is 0. The van der Waals surface area contributed by atoms with Gasteiger partial charge in [-0.1, -0.05) is 12.2 Å². The van der Waals surface area contributed by atoms with Crippen molar-refractivity contribution in [3.63, 3.8) is 0 Å². The maximum atomic E-state index is 11.3. The molecule has 0 saturated heterocycles.